The summed E-state index contributed by atoms with van der Waals surface area (Å²) in [5.74, 6) is -0.929. The Morgan fingerprint density at radius 2 is 1.82 bits per heavy atom. The van der Waals surface area contributed by atoms with Gasteiger partial charge < -0.3 is 20.6 Å². The number of amides is 1. The first-order valence-corrected chi connectivity index (χ1v) is 14.6. The van der Waals surface area contributed by atoms with Gasteiger partial charge in [-0.2, -0.15) is 5.26 Å². The van der Waals surface area contributed by atoms with Gasteiger partial charge in [-0.3, -0.25) is 9.36 Å². The number of nitriles is 1. The zero-order valence-electron chi connectivity index (χ0n) is 25.0. The van der Waals surface area contributed by atoms with Crippen LogP contribution in [-0.4, -0.2) is 61.3 Å². The molecule has 1 amide bonds. The first-order valence-electron chi connectivity index (χ1n) is 14.2. The van der Waals surface area contributed by atoms with Gasteiger partial charge >= 0.3 is 6.09 Å². The molecule has 0 unspecified atom stereocenters. The summed E-state index contributed by atoms with van der Waals surface area (Å²) >= 11 is 6.80. The van der Waals surface area contributed by atoms with Gasteiger partial charge in [0.05, 0.1) is 39.0 Å². The summed E-state index contributed by atoms with van der Waals surface area (Å²) in [6.07, 6.45) is 0.390. The van der Waals surface area contributed by atoms with Gasteiger partial charge in [0.1, 0.15) is 29.4 Å². The highest BCUT2D eigenvalue weighted by molar-refractivity contribution is 6.34. The summed E-state index contributed by atoms with van der Waals surface area (Å²) in [7, 11) is 0. The van der Waals surface area contributed by atoms with E-state index in [0.717, 1.165) is 0 Å². The second-order valence-electron chi connectivity index (χ2n) is 11.4. The molecule has 3 aromatic heterocycles. The average Bonchev–Trinajstić information content (AvgIpc) is 2.96. The van der Waals surface area contributed by atoms with Crippen molar-refractivity contribution in [2.24, 2.45) is 0 Å². The molecule has 3 N–H and O–H groups in total. The smallest absolute Gasteiger partial charge is 0.407 e. The molecule has 0 bridgehead atoms. The number of hydrogen-bond donors (Lipinski definition) is 2. The van der Waals surface area contributed by atoms with Crippen LogP contribution in [0.4, 0.5) is 20.6 Å². The van der Waals surface area contributed by atoms with Crippen LogP contribution in [0.15, 0.2) is 35.4 Å². The number of halogens is 2. The third-order valence-electron chi connectivity index (χ3n) is 7.86. The molecular weight excluding hydrogens is 587 g/mol. The largest absolute Gasteiger partial charge is 0.465 e. The lowest BCUT2D eigenvalue weighted by molar-refractivity contribution is 0.123. The number of hydrogen-bond acceptors (Lipinski definition) is 8. The molecule has 1 fully saturated rings. The predicted octanol–water partition coefficient (Wildman–Crippen LogP) is 5.52. The number of aromatic nitrogens is 4. The van der Waals surface area contributed by atoms with E-state index < -0.39 is 23.5 Å². The molecule has 0 radical (unpaired) electrons. The van der Waals surface area contributed by atoms with Crippen molar-refractivity contribution >= 4 is 40.1 Å². The Labute approximate surface area is 258 Å². The highest BCUT2D eigenvalue weighted by Crippen LogP contribution is 2.40. The summed E-state index contributed by atoms with van der Waals surface area (Å²) in [4.78, 5) is 43.3. The Morgan fingerprint density at radius 3 is 2.36 bits per heavy atom. The molecule has 44 heavy (non-hydrogen) atoms. The Hall–Kier alpha value is -4.76. The maximum absolute atomic E-state index is 15.2. The van der Waals surface area contributed by atoms with Crippen LogP contribution in [-0.2, 0) is 0 Å². The summed E-state index contributed by atoms with van der Waals surface area (Å²) in [5, 5.41) is 20.5. The Morgan fingerprint density at radius 1 is 1.16 bits per heavy atom. The minimum Gasteiger partial charge on any atom is -0.465 e. The van der Waals surface area contributed by atoms with Crippen molar-refractivity contribution in [3.63, 3.8) is 0 Å². The van der Waals surface area contributed by atoms with Crippen LogP contribution in [0.3, 0.4) is 0 Å². The van der Waals surface area contributed by atoms with Crippen LogP contribution in [0.25, 0.3) is 28.0 Å². The van der Waals surface area contributed by atoms with Gasteiger partial charge in [0, 0.05) is 36.7 Å². The van der Waals surface area contributed by atoms with Crippen molar-refractivity contribution < 1.29 is 14.3 Å². The second kappa shape index (κ2) is 11.7. The van der Waals surface area contributed by atoms with Crippen LogP contribution in [0.2, 0.25) is 5.02 Å². The SMILES string of the molecule is CC(C)c1ncnc(C(C)C)c1-n1c(=O)c(C#N)c(N2CCN(C(=O)O)[C@H](C)C2)c2cc(Cl)c(-c3c(N)cccc3F)nc21. The molecule has 0 aliphatic carbocycles. The molecule has 13 heteroatoms. The van der Waals surface area contributed by atoms with Gasteiger partial charge in [-0.05, 0) is 37.0 Å². The van der Waals surface area contributed by atoms with Gasteiger partial charge in [0.2, 0.25) is 0 Å². The van der Waals surface area contributed by atoms with Gasteiger partial charge in [0.25, 0.3) is 5.56 Å². The molecule has 1 aliphatic rings. The molecule has 5 rings (SSSR count). The highest BCUT2D eigenvalue weighted by atomic mass is 35.5. The first kappa shape index (κ1) is 30.7. The molecule has 4 heterocycles. The van der Waals surface area contributed by atoms with Crippen molar-refractivity contribution in [2.45, 2.75) is 52.5 Å². The van der Waals surface area contributed by atoms with E-state index in [4.69, 9.17) is 22.3 Å². The summed E-state index contributed by atoms with van der Waals surface area (Å²) < 4.78 is 16.6. The molecule has 11 nitrogen and oxygen atoms in total. The lowest BCUT2D eigenvalue weighted by atomic mass is 10.00. The van der Waals surface area contributed by atoms with Gasteiger partial charge in [-0.15, -0.1) is 0 Å². The van der Waals surface area contributed by atoms with Crippen molar-refractivity contribution in [1.29, 1.82) is 5.26 Å². The van der Waals surface area contributed by atoms with E-state index in [1.807, 2.05) is 27.7 Å². The van der Waals surface area contributed by atoms with E-state index in [2.05, 4.69) is 16.0 Å². The minimum absolute atomic E-state index is 0.0227. The summed E-state index contributed by atoms with van der Waals surface area (Å²) in [5.41, 5.74) is 7.37. The lowest BCUT2D eigenvalue weighted by Crippen LogP contribution is -2.54. The molecule has 1 atom stereocenters. The molecule has 1 saturated heterocycles. The topological polar surface area (TPSA) is 154 Å². The molecule has 228 valence electrons. The van der Waals surface area contributed by atoms with Gasteiger partial charge in [-0.25, -0.2) is 24.1 Å². The molecule has 0 saturated carbocycles. The zero-order valence-corrected chi connectivity index (χ0v) is 25.7. The second-order valence-corrected chi connectivity index (χ2v) is 11.9. The number of rotatable bonds is 5. The maximum Gasteiger partial charge on any atom is 0.407 e. The number of anilines is 2. The van der Waals surface area contributed by atoms with E-state index in [-0.39, 0.29) is 70.3 Å². The minimum atomic E-state index is -1.05. The Balaban J connectivity index is 1.96. The van der Waals surface area contributed by atoms with E-state index in [9.17, 15) is 20.0 Å². The molecule has 1 aliphatic heterocycles. The molecule has 1 aromatic carbocycles. The van der Waals surface area contributed by atoms with Crippen molar-refractivity contribution in [3.8, 4) is 23.0 Å². The summed E-state index contributed by atoms with van der Waals surface area (Å²) in [6, 6.07) is 7.46. The van der Waals surface area contributed by atoms with Crippen LogP contribution in [0.5, 0.6) is 0 Å². The van der Waals surface area contributed by atoms with E-state index in [1.165, 1.54) is 34.0 Å². The maximum atomic E-state index is 15.2. The third kappa shape index (κ3) is 5.07. The van der Waals surface area contributed by atoms with Crippen molar-refractivity contribution in [3.05, 3.63) is 68.7 Å². The third-order valence-corrected chi connectivity index (χ3v) is 8.14. The zero-order chi connectivity index (χ0) is 32.0. The molecule has 4 aromatic rings. The number of carboxylic acid groups (broad SMARTS) is 1. The normalized spacial score (nSPS) is 15.3. The number of nitrogen functional groups attached to an aromatic ring is 1. The highest BCUT2D eigenvalue weighted by Gasteiger charge is 2.33. The van der Waals surface area contributed by atoms with E-state index in [0.29, 0.717) is 22.5 Å². The fourth-order valence-electron chi connectivity index (χ4n) is 5.80. The fourth-order valence-corrected chi connectivity index (χ4v) is 6.04. The lowest BCUT2D eigenvalue weighted by Gasteiger charge is -2.40. The van der Waals surface area contributed by atoms with Crippen LogP contribution < -0.4 is 16.2 Å². The average molecular weight is 619 g/mol. The van der Waals surface area contributed by atoms with Crippen molar-refractivity contribution in [1.82, 2.24) is 24.4 Å². The van der Waals surface area contributed by atoms with E-state index >= 15 is 4.39 Å². The van der Waals surface area contributed by atoms with Crippen LogP contribution in [0.1, 0.15) is 63.4 Å². The van der Waals surface area contributed by atoms with Crippen LogP contribution >= 0.6 is 11.6 Å². The number of pyridine rings is 2. The number of nitrogens with two attached hydrogens (primary N) is 1. The number of nitrogens with zero attached hydrogens (tertiary/aromatic N) is 7. The predicted molar refractivity (Wildman–Crippen MR) is 167 cm³/mol. The molecule has 0 spiro atoms. The Bertz CT molecular complexity index is 1860. The Kier molecular flexibility index (Phi) is 8.18. The number of carbonyl (C=O) groups is 1. The van der Waals surface area contributed by atoms with Crippen LogP contribution in [0, 0.1) is 17.1 Å². The number of fused-ring (bicyclic) bond motifs is 1. The number of piperazine rings is 1. The van der Waals surface area contributed by atoms with E-state index in [1.54, 1.807) is 17.9 Å². The number of benzene rings is 1. The standard InChI is InChI=1S/C31H32ClFN8O3/c1-15(2)24-28(25(16(3)4)37-14-36-24)41-29-18(11-20(32)26(38-29)23-21(33)7-6-8-22(23)35)27(19(12-34)30(41)42)39-9-10-40(31(43)44)17(5)13-39/h6-8,11,14-17H,9-10,13,35H2,1-5H3,(H,43,44)/t17-/m1/s1. The van der Waals surface area contributed by atoms with Gasteiger partial charge in [-0.1, -0.05) is 45.4 Å². The molecular formula is C31H32ClFN8O3. The first-order chi connectivity index (χ1) is 20.9. The quantitative estimate of drug-likeness (QED) is 0.275. The van der Waals surface area contributed by atoms with Crippen molar-refractivity contribution in [2.75, 3.05) is 30.3 Å². The fraction of sp³-hybridized carbons (Fsp3) is 0.355. The monoisotopic (exact) mass is 618 g/mol. The van der Waals surface area contributed by atoms with Gasteiger partial charge in [0.15, 0.2) is 0 Å². The summed E-state index contributed by atoms with van der Waals surface area (Å²) in [6.45, 7) is 10.1.